The average Bonchev–Trinajstić information content (AvgIpc) is 2.22. The lowest BCUT2D eigenvalue weighted by Crippen LogP contribution is -2.38. The molecule has 0 aliphatic heterocycles. The Morgan fingerprint density at radius 3 is 2.14 bits per heavy atom. The average molecular weight is 205 g/mol. The minimum Gasteiger partial charge on any atom is -0.441 e. The third-order valence-electron chi connectivity index (χ3n) is 1.99. The number of hydrogen-bond donors (Lipinski definition) is 3. The summed E-state index contributed by atoms with van der Waals surface area (Å²) >= 11 is 0. The number of ether oxygens (including phenoxy) is 1. The third-order valence-corrected chi connectivity index (χ3v) is 1.99. The normalized spacial score (nSPS) is 10.7. The van der Waals surface area contributed by atoms with Gasteiger partial charge in [0.25, 0.3) is 0 Å². The van der Waals surface area contributed by atoms with Crippen molar-refractivity contribution in [2.24, 2.45) is 0 Å². The molecule has 0 radical (unpaired) electrons. The van der Waals surface area contributed by atoms with Crippen LogP contribution < -0.4 is 5.32 Å². The minimum atomic E-state index is -0.829. The lowest BCUT2D eigenvalue weighted by Gasteiger charge is -2.17. The summed E-state index contributed by atoms with van der Waals surface area (Å²) in [6, 6.07) is 0.0838. The molecule has 5 heteroatoms. The fourth-order valence-corrected chi connectivity index (χ4v) is 0.977. The number of carbonyl (C=O) groups is 1. The van der Waals surface area contributed by atoms with E-state index in [-0.39, 0.29) is 19.3 Å². The molecule has 84 valence electrons. The highest BCUT2D eigenvalue weighted by Gasteiger charge is 2.14. The van der Waals surface area contributed by atoms with Gasteiger partial charge in [0.2, 0.25) is 0 Å². The first kappa shape index (κ1) is 13.2. The maximum Gasteiger partial charge on any atom is 0.407 e. The quantitative estimate of drug-likeness (QED) is 0.581. The maximum atomic E-state index is 11.1. The van der Waals surface area contributed by atoms with E-state index in [0.717, 1.165) is 12.8 Å². The molecule has 0 bridgehead atoms. The molecule has 0 saturated carbocycles. The smallest absolute Gasteiger partial charge is 0.407 e. The van der Waals surface area contributed by atoms with Crippen molar-refractivity contribution in [2.45, 2.75) is 38.8 Å². The van der Waals surface area contributed by atoms with Crippen LogP contribution in [0.25, 0.3) is 0 Å². The van der Waals surface area contributed by atoms with Crippen LogP contribution in [0, 0.1) is 0 Å². The summed E-state index contributed by atoms with van der Waals surface area (Å²) in [5.74, 6) is 0. The molecule has 0 aliphatic rings. The van der Waals surface area contributed by atoms with Gasteiger partial charge in [-0.1, -0.05) is 13.8 Å². The van der Waals surface area contributed by atoms with Crippen LogP contribution in [0.15, 0.2) is 0 Å². The van der Waals surface area contributed by atoms with E-state index in [0.29, 0.717) is 0 Å². The highest BCUT2D eigenvalue weighted by molar-refractivity contribution is 5.67. The fraction of sp³-hybridized carbons (Fsp3) is 0.889. The summed E-state index contributed by atoms with van der Waals surface area (Å²) < 4.78 is 4.73. The first-order valence-corrected chi connectivity index (χ1v) is 4.86. The van der Waals surface area contributed by atoms with Gasteiger partial charge in [0, 0.05) is 6.04 Å². The number of aliphatic hydroxyl groups excluding tert-OH is 2. The molecule has 1 amide bonds. The Balaban J connectivity index is 3.83. The number of amides is 1. The van der Waals surface area contributed by atoms with Gasteiger partial charge in [0.05, 0.1) is 13.2 Å². The van der Waals surface area contributed by atoms with E-state index in [2.05, 4.69) is 5.32 Å². The Hall–Kier alpha value is -0.810. The number of aliphatic hydroxyl groups is 2. The first-order valence-electron chi connectivity index (χ1n) is 4.86. The van der Waals surface area contributed by atoms with Crippen LogP contribution in [0.4, 0.5) is 4.79 Å². The Bertz CT molecular complexity index is 139. The molecule has 0 aromatic heterocycles. The maximum absolute atomic E-state index is 11.1. The van der Waals surface area contributed by atoms with Crippen LogP contribution in [0.5, 0.6) is 0 Å². The van der Waals surface area contributed by atoms with Crippen LogP contribution in [0.1, 0.15) is 26.7 Å². The zero-order valence-electron chi connectivity index (χ0n) is 8.69. The molecule has 0 heterocycles. The Kier molecular flexibility index (Phi) is 7.14. The molecule has 5 nitrogen and oxygen atoms in total. The molecule has 0 spiro atoms. The van der Waals surface area contributed by atoms with Crippen molar-refractivity contribution in [2.75, 3.05) is 13.2 Å². The van der Waals surface area contributed by atoms with Gasteiger partial charge in [-0.15, -0.1) is 0 Å². The van der Waals surface area contributed by atoms with Gasteiger partial charge in [-0.05, 0) is 12.8 Å². The molecule has 0 fully saturated rings. The summed E-state index contributed by atoms with van der Waals surface area (Å²) in [4.78, 5) is 11.1. The zero-order chi connectivity index (χ0) is 11.0. The van der Waals surface area contributed by atoms with Crippen LogP contribution in [0.3, 0.4) is 0 Å². The first-order chi connectivity index (χ1) is 6.67. The van der Waals surface area contributed by atoms with Crippen molar-refractivity contribution in [3.8, 4) is 0 Å². The molecule has 0 atom stereocenters. The van der Waals surface area contributed by atoms with Crippen molar-refractivity contribution in [3.63, 3.8) is 0 Å². The number of nitrogens with one attached hydrogen (secondary N) is 1. The minimum absolute atomic E-state index is 0.0838. The van der Waals surface area contributed by atoms with Crippen molar-refractivity contribution in [1.29, 1.82) is 0 Å². The monoisotopic (exact) mass is 205 g/mol. The van der Waals surface area contributed by atoms with Gasteiger partial charge in [-0.25, -0.2) is 4.79 Å². The van der Waals surface area contributed by atoms with Gasteiger partial charge in [0.15, 0.2) is 0 Å². The topological polar surface area (TPSA) is 78.8 Å². The molecule has 0 unspecified atom stereocenters. The number of rotatable bonds is 6. The van der Waals surface area contributed by atoms with E-state index in [4.69, 9.17) is 14.9 Å². The number of hydrogen-bond acceptors (Lipinski definition) is 4. The molecular weight excluding hydrogens is 186 g/mol. The molecule has 0 aromatic carbocycles. The van der Waals surface area contributed by atoms with Crippen LogP contribution in [0.2, 0.25) is 0 Å². The summed E-state index contributed by atoms with van der Waals surface area (Å²) in [7, 11) is 0. The van der Waals surface area contributed by atoms with Crippen LogP contribution >= 0.6 is 0 Å². The number of alkyl carbamates (subject to hydrolysis) is 1. The third kappa shape index (κ3) is 5.04. The predicted octanol–water partition coefficient (Wildman–Crippen LogP) is 0.254. The van der Waals surface area contributed by atoms with Gasteiger partial charge < -0.3 is 20.3 Å². The summed E-state index contributed by atoms with van der Waals surface area (Å²) in [6.45, 7) is 3.19. The fourth-order valence-electron chi connectivity index (χ4n) is 0.977. The van der Waals surface area contributed by atoms with Gasteiger partial charge in [-0.3, -0.25) is 0 Å². The largest absolute Gasteiger partial charge is 0.441 e. The molecule has 14 heavy (non-hydrogen) atoms. The van der Waals surface area contributed by atoms with E-state index < -0.39 is 12.2 Å². The summed E-state index contributed by atoms with van der Waals surface area (Å²) in [6.07, 6.45) is 0.236. The molecule has 0 aliphatic carbocycles. The predicted molar refractivity (Wildman–Crippen MR) is 51.9 cm³/mol. The van der Waals surface area contributed by atoms with Crippen molar-refractivity contribution >= 4 is 6.09 Å². The van der Waals surface area contributed by atoms with Crippen molar-refractivity contribution in [3.05, 3.63) is 0 Å². The highest BCUT2D eigenvalue weighted by Crippen LogP contribution is 1.98. The van der Waals surface area contributed by atoms with E-state index in [9.17, 15) is 4.79 Å². The molecule has 0 rings (SSSR count). The van der Waals surface area contributed by atoms with Crippen LogP contribution in [-0.2, 0) is 4.74 Å². The Labute approximate surface area is 84.1 Å². The zero-order valence-corrected chi connectivity index (χ0v) is 8.69. The second-order valence-corrected chi connectivity index (χ2v) is 3.05. The second-order valence-electron chi connectivity index (χ2n) is 3.05. The van der Waals surface area contributed by atoms with E-state index in [1.807, 2.05) is 13.8 Å². The van der Waals surface area contributed by atoms with E-state index >= 15 is 0 Å². The molecule has 3 N–H and O–H groups in total. The van der Waals surface area contributed by atoms with Crippen LogP contribution in [-0.4, -0.2) is 41.7 Å². The molecular formula is C9H19NO4. The highest BCUT2D eigenvalue weighted by atomic mass is 16.6. The van der Waals surface area contributed by atoms with Crippen molar-refractivity contribution < 1.29 is 19.7 Å². The number of carbonyl (C=O) groups excluding carboxylic acids is 1. The SMILES string of the molecule is CCC(CC)NC(=O)OC(CO)CO. The standard InChI is InChI=1S/C9H19NO4/c1-3-7(4-2)10-9(13)14-8(5-11)6-12/h7-8,11-12H,3-6H2,1-2H3,(H,10,13). The Morgan fingerprint density at radius 2 is 1.79 bits per heavy atom. The van der Waals surface area contributed by atoms with Gasteiger partial charge in [-0.2, -0.15) is 0 Å². The molecule has 0 saturated heterocycles. The lowest BCUT2D eigenvalue weighted by atomic mass is 10.2. The summed E-state index contributed by atoms with van der Waals surface area (Å²) in [5, 5.41) is 19.9. The van der Waals surface area contributed by atoms with E-state index in [1.165, 1.54) is 0 Å². The molecule has 0 aromatic rings. The van der Waals surface area contributed by atoms with Gasteiger partial charge in [0.1, 0.15) is 6.10 Å². The summed E-state index contributed by atoms with van der Waals surface area (Å²) in [5.41, 5.74) is 0. The second kappa shape index (κ2) is 7.58. The Morgan fingerprint density at radius 1 is 1.29 bits per heavy atom. The van der Waals surface area contributed by atoms with Crippen molar-refractivity contribution in [1.82, 2.24) is 5.32 Å². The lowest BCUT2D eigenvalue weighted by molar-refractivity contribution is 0.0208. The van der Waals surface area contributed by atoms with Gasteiger partial charge >= 0.3 is 6.09 Å². The van der Waals surface area contributed by atoms with E-state index in [1.54, 1.807) is 0 Å².